The fourth-order valence-electron chi connectivity index (χ4n) is 3.04. The number of nitrogens with one attached hydrogen (secondary N) is 1. The molecule has 7 nitrogen and oxygen atoms in total. The first kappa shape index (κ1) is 17.7. The fourth-order valence-corrected chi connectivity index (χ4v) is 3.04. The molecule has 1 amide bonds. The van der Waals surface area contributed by atoms with Gasteiger partial charge in [-0.05, 0) is 31.6 Å². The van der Waals surface area contributed by atoms with E-state index in [4.69, 9.17) is 0 Å². The lowest BCUT2D eigenvalue weighted by Crippen LogP contribution is -2.24. The Morgan fingerprint density at radius 1 is 1.36 bits per heavy atom. The van der Waals surface area contributed by atoms with Crippen LogP contribution in [-0.2, 0) is 6.54 Å². The SMILES string of the molecule is CC1=CC=CC(n2cc(CNC(=O)c3cnc4c(C=O)cccn34)cn2)=CC1. The number of nitrogens with zero attached hydrogens (tertiary/aromatic N) is 4. The monoisotopic (exact) mass is 373 g/mol. The van der Waals surface area contributed by atoms with Crippen LogP contribution < -0.4 is 5.32 Å². The maximum absolute atomic E-state index is 12.6. The molecule has 0 aliphatic heterocycles. The summed E-state index contributed by atoms with van der Waals surface area (Å²) in [4.78, 5) is 27.9. The van der Waals surface area contributed by atoms with Gasteiger partial charge in [-0.25, -0.2) is 9.67 Å². The van der Waals surface area contributed by atoms with Crippen molar-refractivity contribution in [3.05, 3.63) is 83.6 Å². The molecule has 0 unspecified atom stereocenters. The van der Waals surface area contributed by atoms with Crippen molar-refractivity contribution >= 4 is 23.5 Å². The Balaban J connectivity index is 1.46. The number of amides is 1. The number of pyridine rings is 1. The quantitative estimate of drug-likeness (QED) is 0.697. The third-order valence-corrected chi connectivity index (χ3v) is 4.56. The van der Waals surface area contributed by atoms with E-state index in [0.29, 0.717) is 23.4 Å². The highest BCUT2D eigenvalue weighted by molar-refractivity contribution is 5.94. The summed E-state index contributed by atoms with van der Waals surface area (Å²) in [6.45, 7) is 2.43. The number of hydrogen-bond donors (Lipinski definition) is 1. The van der Waals surface area contributed by atoms with Crippen LogP contribution in [0, 0.1) is 0 Å². The van der Waals surface area contributed by atoms with Gasteiger partial charge >= 0.3 is 0 Å². The van der Waals surface area contributed by atoms with Crippen molar-refractivity contribution in [2.24, 2.45) is 0 Å². The number of carbonyl (C=O) groups is 2. The van der Waals surface area contributed by atoms with E-state index < -0.39 is 0 Å². The molecule has 7 heteroatoms. The van der Waals surface area contributed by atoms with Crippen LogP contribution in [0.4, 0.5) is 0 Å². The molecule has 3 heterocycles. The van der Waals surface area contributed by atoms with Crippen LogP contribution in [0.15, 0.2) is 66.8 Å². The van der Waals surface area contributed by atoms with Crippen molar-refractivity contribution in [3.8, 4) is 0 Å². The summed E-state index contributed by atoms with van der Waals surface area (Å²) in [5, 5.41) is 7.26. The molecule has 0 aromatic carbocycles. The topological polar surface area (TPSA) is 81.3 Å². The van der Waals surface area contributed by atoms with Crippen molar-refractivity contribution < 1.29 is 9.59 Å². The smallest absolute Gasteiger partial charge is 0.270 e. The second-order valence-electron chi connectivity index (χ2n) is 6.60. The molecule has 1 aliphatic rings. The summed E-state index contributed by atoms with van der Waals surface area (Å²) in [7, 11) is 0. The van der Waals surface area contributed by atoms with Crippen molar-refractivity contribution in [1.82, 2.24) is 24.5 Å². The summed E-state index contributed by atoms with van der Waals surface area (Å²) in [5.41, 5.74) is 4.45. The van der Waals surface area contributed by atoms with Gasteiger partial charge in [-0.2, -0.15) is 5.10 Å². The Labute approximate surface area is 161 Å². The molecule has 3 aromatic heterocycles. The molecular weight excluding hydrogens is 354 g/mol. The van der Waals surface area contributed by atoms with Gasteiger partial charge in [-0.15, -0.1) is 0 Å². The second-order valence-corrected chi connectivity index (χ2v) is 6.60. The molecule has 3 aromatic rings. The average Bonchev–Trinajstić information content (AvgIpc) is 3.30. The zero-order valence-corrected chi connectivity index (χ0v) is 15.4. The van der Waals surface area contributed by atoms with Gasteiger partial charge in [0.05, 0.1) is 23.7 Å². The van der Waals surface area contributed by atoms with Crippen molar-refractivity contribution in [1.29, 1.82) is 0 Å². The Bertz CT molecular complexity index is 1150. The summed E-state index contributed by atoms with van der Waals surface area (Å²) in [6, 6.07) is 3.38. The minimum atomic E-state index is -0.267. The average molecular weight is 373 g/mol. The summed E-state index contributed by atoms with van der Waals surface area (Å²) < 4.78 is 3.41. The zero-order valence-electron chi connectivity index (χ0n) is 15.4. The first-order valence-electron chi connectivity index (χ1n) is 8.93. The molecule has 28 heavy (non-hydrogen) atoms. The Hall–Kier alpha value is -3.74. The van der Waals surface area contributed by atoms with Crippen LogP contribution >= 0.6 is 0 Å². The summed E-state index contributed by atoms with van der Waals surface area (Å²) in [6.07, 6.45) is 16.6. The van der Waals surface area contributed by atoms with Gasteiger partial charge < -0.3 is 5.32 Å². The van der Waals surface area contributed by atoms with Gasteiger partial charge in [-0.3, -0.25) is 14.0 Å². The Morgan fingerprint density at radius 3 is 3.11 bits per heavy atom. The van der Waals surface area contributed by atoms with Gasteiger partial charge in [-0.1, -0.05) is 23.8 Å². The van der Waals surface area contributed by atoms with Gasteiger partial charge in [0.15, 0.2) is 6.29 Å². The molecule has 0 spiro atoms. The summed E-state index contributed by atoms with van der Waals surface area (Å²) >= 11 is 0. The molecule has 0 radical (unpaired) electrons. The zero-order chi connectivity index (χ0) is 19.5. The lowest BCUT2D eigenvalue weighted by Gasteiger charge is -2.04. The van der Waals surface area contributed by atoms with Crippen LogP contribution in [0.25, 0.3) is 11.3 Å². The van der Waals surface area contributed by atoms with Gasteiger partial charge in [0.1, 0.15) is 11.3 Å². The van der Waals surface area contributed by atoms with Crippen LogP contribution in [0.3, 0.4) is 0 Å². The number of allylic oxidation sites excluding steroid dienone is 6. The second kappa shape index (κ2) is 7.48. The van der Waals surface area contributed by atoms with E-state index in [1.807, 2.05) is 18.3 Å². The predicted molar refractivity (Wildman–Crippen MR) is 106 cm³/mol. The number of fused-ring (bicyclic) bond motifs is 1. The first-order chi connectivity index (χ1) is 13.7. The van der Waals surface area contributed by atoms with E-state index in [9.17, 15) is 9.59 Å². The van der Waals surface area contributed by atoms with E-state index in [2.05, 4.69) is 34.5 Å². The maximum atomic E-state index is 12.6. The number of aromatic nitrogens is 4. The molecule has 140 valence electrons. The molecular formula is C21H19N5O2. The number of hydrogen-bond acceptors (Lipinski definition) is 4. The molecule has 0 saturated heterocycles. The van der Waals surface area contributed by atoms with E-state index in [1.54, 1.807) is 33.6 Å². The molecule has 0 bridgehead atoms. The molecule has 0 atom stereocenters. The number of carbonyl (C=O) groups excluding carboxylic acids is 2. The van der Waals surface area contributed by atoms with Crippen LogP contribution in [0.2, 0.25) is 0 Å². The van der Waals surface area contributed by atoms with E-state index >= 15 is 0 Å². The number of imidazole rings is 1. The first-order valence-corrected chi connectivity index (χ1v) is 8.93. The van der Waals surface area contributed by atoms with E-state index in [0.717, 1.165) is 24.0 Å². The highest BCUT2D eigenvalue weighted by Gasteiger charge is 2.14. The van der Waals surface area contributed by atoms with Crippen molar-refractivity contribution in [2.45, 2.75) is 19.9 Å². The van der Waals surface area contributed by atoms with Crippen LogP contribution in [0.5, 0.6) is 0 Å². The largest absolute Gasteiger partial charge is 0.347 e. The minimum absolute atomic E-state index is 0.267. The van der Waals surface area contributed by atoms with Gasteiger partial charge in [0, 0.05) is 24.5 Å². The molecule has 1 aliphatic carbocycles. The fraction of sp³-hybridized carbons (Fsp3) is 0.143. The molecule has 1 N–H and O–H groups in total. The van der Waals surface area contributed by atoms with Crippen molar-refractivity contribution in [3.63, 3.8) is 0 Å². The molecule has 0 saturated carbocycles. The van der Waals surface area contributed by atoms with Crippen LogP contribution in [0.1, 0.15) is 39.8 Å². The van der Waals surface area contributed by atoms with Gasteiger partial charge in [0.25, 0.3) is 5.91 Å². The predicted octanol–water partition coefficient (Wildman–Crippen LogP) is 3.02. The molecule has 4 rings (SSSR count). The van der Waals surface area contributed by atoms with E-state index in [-0.39, 0.29) is 5.91 Å². The highest BCUT2D eigenvalue weighted by atomic mass is 16.2. The number of rotatable bonds is 5. The Kier molecular flexibility index (Phi) is 4.72. The number of aldehydes is 1. The Morgan fingerprint density at radius 2 is 2.25 bits per heavy atom. The van der Waals surface area contributed by atoms with Crippen molar-refractivity contribution in [2.75, 3.05) is 0 Å². The standard InChI is InChI=1S/C21H19N5O2/c1-15-4-2-6-18(8-7-15)26-13-16(11-24-26)10-23-21(28)19-12-22-20-17(14-27)5-3-9-25(19)20/h2-6,8-9,11-14H,7,10H2,1H3,(H,23,28). The third-order valence-electron chi connectivity index (χ3n) is 4.56. The molecule has 0 fully saturated rings. The lowest BCUT2D eigenvalue weighted by molar-refractivity contribution is 0.0944. The summed E-state index contributed by atoms with van der Waals surface area (Å²) in [5.74, 6) is -0.267. The minimum Gasteiger partial charge on any atom is -0.347 e. The maximum Gasteiger partial charge on any atom is 0.270 e. The highest BCUT2D eigenvalue weighted by Crippen LogP contribution is 2.15. The third kappa shape index (κ3) is 3.42. The normalized spacial score (nSPS) is 13.8. The van der Waals surface area contributed by atoms with E-state index in [1.165, 1.54) is 11.8 Å². The van der Waals surface area contributed by atoms with Gasteiger partial charge in [0.2, 0.25) is 0 Å². The lowest BCUT2D eigenvalue weighted by atomic mass is 10.2. The van der Waals surface area contributed by atoms with Crippen LogP contribution in [-0.4, -0.2) is 31.4 Å².